The van der Waals surface area contributed by atoms with Crippen LogP contribution in [0.4, 0.5) is 5.69 Å². The van der Waals surface area contributed by atoms with E-state index in [0.29, 0.717) is 6.54 Å². The Morgan fingerprint density at radius 2 is 1.79 bits per heavy atom. The molecule has 6 nitrogen and oxygen atoms in total. The van der Waals surface area contributed by atoms with Crippen molar-refractivity contribution >= 4 is 15.7 Å². The Hall–Kier alpha value is -1.93. The Morgan fingerprint density at radius 1 is 1.10 bits per heavy atom. The van der Waals surface area contributed by atoms with Crippen molar-refractivity contribution in [3.63, 3.8) is 0 Å². The normalized spacial score (nSPS) is 15.7. The molecule has 1 atom stereocenters. The molecule has 0 radical (unpaired) electrons. The Balaban J connectivity index is 1.81. The summed E-state index contributed by atoms with van der Waals surface area (Å²) in [6.07, 6.45) is 0.971. The molecule has 1 aliphatic heterocycles. The van der Waals surface area contributed by atoms with E-state index in [1.54, 1.807) is 0 Å². The lowest BCUT2D eigenvalue weighted by molar-refractivity contribution is 0.180. The molecule has 0 bridgehead atoms. The van der Waals surface area contributed by atoms with Crippen LogP contribution in [0.3, 0.4) is 0 Å². The van der Waals surface area contributed by atoms with Gasteiger partial charge in [0.25, 0.3) is 0 Å². The van der Waals surface area contributed by atoms with Gasteiger partial charge < -0.3 is 9.64 Å². The summed E-state index contributed by atoms with van der Waals surface area (Å²) in [5.74, 6) is -0.0291. The van der Waals surface area contributed by atoms with Crippen molar-refractivity contribution in [2.24, 2.45) is 0 Å². The molecule has 0 aliphatic carbocycles. The highest BCUT2D eigenvalue weighted by Crippen LogP contribution is 2.28. The van der Waals surface area contributed by atoms with E-state index in [-0.39, 0.29) is 18.4 Å². The standard InChI is InChI=1S/C22H31N3O3S/c1-24(2)21-10-8-19(9-11-21)22(16-23-29(26,27)15-14-28-3)25-13-12-18-6-4-5-7-20(18)17-25/h4-11,22-23H,12-17H2,1-3H3/t22-/m1/s1. The number of benzene rings is 2. The van der Waals surface area contributed by atoms with Gasteiger partial charge in [-0.25, -0.2) is 13.1 Å². The third-order valence-electron chi connectivity index (χ3n) is 5.45. The number of rotatable bonds is 9. The van der Waals surface area contributed by atoms with Crippen LogP contribution >= 0.6 is 0 Å². The first-order valence-electron chi connectivity index (χ1n) is 9.94. The quantitative estimate of drug-likeness (QED) is 0.679. The lowest BCUT2D eigenvalue weighted by atomic mass is 9.96. The minimum Gasteiger partial charge on any atom is -0.384 e. The smallest absolute Gasteiger partial charge is 0.213 e. The second-order valence-electron chi connectivity index (χ2n) is 7.65. The highest BCUT2D eigenvalue weighted by molar-refractivity contribution is 7.89. The minimum absolute atomic E-state index is 0.0291. The van der Waals surface area contributed by atoms with Gasteiger partial charge in [-0.05, 0) is 35.2 Å². The molecule has 0 unspecified atom stereocenters. The molecule has 0 saturated heterocycles. The van der Waals surface area contributed by atoms with Crippen LogP contribution in [0.15, 0.2) is 48.5 Å². The zero-order valence-electron chi connectivity index (χ0n) is 17.5. The lowest BCUT2D eigenvalue weighted by Crippen LogP contribution is -2.41. The second-order valence-corrected chi connectivity index (χ2v) is 9.58. The van der Waals surface area contributed by atoms with Crippen molar-refractivity contribution in [2.75, 3.05) is 51.6 Å². The number of ether oxygens (including phenoxy) is 1. The molecule has 0 aromatic heterocycles. The van der Waals surface area contributed by atoms with Crippen molar-refractivity contribution in [3.05, 3.63) is 65.2 Å². The molecule has 158 valence electrons. The van der Waals surface area contributed by atoms with Gasteiger partial charge in [-0.2, -0.15) is 0 Å². The molecule has 0 saturated carbocycles. The summed E-state index contributed by atoms with van der Waals surface area (Å²) >= 11 is 0. The number of hydrogen-bond acceptors (Lipinski definition) is 5. The van der Waals surface area contributed by atoms with Gasteiger partial charge in [0.1, 0.15) is 0 Å². The van der Waals surface area contributed by atoms with Crippen LogP contribution in [-0.2, 0) is 27.7 Å². The zero-order valence-corrected chi connectivity index (χ0v) is 18.3. The average Bonchev–Trinajstić information content (AvgIpc) is 2.72. The van der Waals surface area contributed by atoms with E-state index in [1.165, 1.54) is 18.2 Å². The highest BCUT2D eigenvalue weighted by atomic mass is 32.2. The maximum atomic E-state index is 12.3. The van der Waals surface area contributed by atoms with Gasteiger partial charge in [0, 0.05) is 52.6 Å². The van der Waals surface area contributed by atoms with Crippen molar-refractivity contribution in [1.29, 1.82) is 0 Å². The number of anilines is 1. The minimum atomic E-state index is -3.38. The molecule has 0 fully saturated rings. The molecule has 0 spiro atoms. The number of fused-ring (bicyclic) bond motifs is 1. The first-order valence-corrected chi connectivity index (χ1v) is 11.6. The summed E-state index contributed by atoms with van der Waals surface area (Å²) in [4.78, 5) is 4.43. The number of methoxy groups -OCH3 is 1. The molecule has 0 amide bonds. The van der Waals surface area contributed by atoms with Gasteiger partial charge in [0.2, 0.25) is 10.0 Å². The maximum Gasteiger partial charge on any atom is 0.213 e. The van der Waals surface area contributed by atoms with Crippen LogP contribution in [-0.4, -0.2) is 60.0 Å². The summed E-state index contributed by atoms with van der Waals surface area (Å²) < 4.78 is 32.4. The van der Waals surface area contributed by atoms with Gasteiger partial charge in [0.15, 0.2) is 0 Å². The maximum absolute atomic E-state index is 12.3. The van der Waals surface area contributed by atoms with Gasteiger partial charge in [-0.3, -0.25) is 4.90 Å². The molecule has 29 heavy (non-hydrogen) atoms. The third kappa shape index (κ3) is 5.79. The average molecular weight is 418 g/mol. The Kier molecular flexibility index (Phi) is 7.29. The fourth-order valence-electron chi connectivity index (χ4n) is 3.71. The van der Waals surface area contributed by atoms with E-state index in [1.807, 2.05) is 14.1 Å². The molecule has 1 aliphatic rings. The van der Waals surface area contributed by atoms with Crippen molar-refractivity contribution in [2.45, 2.75) is 19.0 Å². The largest absolute Gasteiger partial charge is 0.384 e. The summed E-state index contributed by atoms with van der Waals surface area (Å²) in [6.45, 7) is 2.25. The summed E-state index contributed by atoms with van der Waals surface area (Å²) in [6, 6.07) is 16.8. The van der Waals surface area contributed by atoms with E-state index in [2.05, 4.69) is 63.1 Å². The fourth-order valence-corrected chi connectivity index (χ4v) is 4.65. The molecule has 2 aromatic rings. The number of hydrogen-bond donors (Lipinski definition) is 1. The molecular weight excluding hydrogens is 386 g/mol. The van der Waals surface area contributed by atoms with Crippen molar-refractivity contribution < 1.29 is 13.2 Å². The van der Waals surface area contributed by atoms with Crippen LogP contribution in [0, 0.1) is 0 Å². The summed E-state index contributed by atoms with van der Waals surface area (Å²) in [7, 11) is 2.16. The molecule has 7 heteroatoms. The first kappa shape index (κ1) is 21.8. The number of nitrogens with zero attached hydrogens (tertiary/aromatic N) is 2. The Bertz CT molecular complexity index is 898. The first-order chi connectivity index (χ1) is 13.9. The summed E-state index contributed by atoms with van der Waals surface area (Å²) in [5.41, 5.74) is 4.93. The summed E-state index contributed by atoms with van der Waals surface area (Å²) in [5, 5.41) is 0. The Morgan fingerprint density at radius 3 is 2.45 bits per heavy atom. The highest BCUT2D eigenvalue weighted by Gasteiger charge is 2.26. The monoisotopic (exact) mass is 417 g/mol. The van der Waals surface area contributed by atoms with Crippen molar-refractivity contribution in [3.8, 4) is 0 Å². The van der Waals surface area contributed by atoms with E-state index in [0.717, 1.165) is 30.8 Å². The third-order valence-corrected chi connectivity index (χ3v) is 6.76. The topological polar surface area (TPSA) is 61.9 Å². The molecule has 1 heterocycles. The number of nitrogens with one attached hydrogen (secondary N) is 1. The molecule has 3 rings (SSSR count). The zero-order chi connectivity index (χ0) is 20.9. The number of sulfonamides is 1. The van der Waals surface area contributed by atoms with E-state index in [9.17, 15) is 8.42 Å². The predicted octanol–water partition coefficient (Wildman–Crippen LogP) is 2.42. The fraction of sp³-hybridized carbons (Fsp3) is 0.455. The van der Waals surface area contributed by atoms with Crippen LogP contribution in [0.2, 0.25) is 0 Å². The van der Waals surface area contributed by atoms with E-state index >= 15 is 0 Å². The SMILES string of the molecule is COCCS(=O)(=O)NC[C@H](c1ccc(N(C)C)cc1)N1CCc2ccccc2C1. The van der Waals surface area contributed by atoms with Crippen LogP contribution < -0.4 is 9.62 Å². The van der Waals surface area contributed by atoms with Gasteiger partial charge in [-0.1, -0.05) is 36.4 Å². The van der Waals surface area contributed by atoms with Crippen LogP contribution in [0.5, 0.6) is 0 Å². The predicted molar refractivity (Wildman–Crippen MR) is 118 cm³/mol. The van der Waals surface area contributed by atoms with Crippen molar-refractivity contribution in [1.82, 2.24) is 9.62 Å². The molecule has 1 N–H and O–H groups in total. The Labute approximate surface area is 174 Å². The second kappa shape index (κ2) is 9.71. The van der Waals surface area contributed by atoms with Gasteiger partial charge in [0.05, 0.1) is 12.4 Å². The van der Waals surface area contributed by atoms with Gasteiger partial charge in [-0.15, -0.1) is 0 Å². The van der Waals surface area contributed by atoms with Crippen LogP contribution in [0.25, 0.3) is 0 Å². The van der Waals surface area contributed by atoms with Crippen LogP contribution in [0.1, 0.15) is 22.7 Å². The van der Waals surface area contributed by atoms with Gasteiger partial charge >= 0.3 is 0 Å². The lowest BCUT2D eigenvalue weighted by Gasteiger charge is -2.36. The van der Waals surface area contributed by atoms with E-state index < -0.39 is 10.0 Å². The molecule has 2 aromatic carbocycles. The molecular formula is C22H31N3O3S. The van der Waals surface area contributed by atoms with E-state index in [4.69, 9.17) is 4.74 Å².